The molecule has 1 aromatic heterocycles. The molecule has 0 radical (unpaired) electrons. The molecule has 5 heteroatoms. The zero-order valence-electron chi connectivity index (χ0n) is 14.6. The molecule has 0 bridgehead atoms. The van der Waals surface area contributed by atoms with Crippen molar-refractivity contribution in [2.75, 3.05) is 11.9 Å². The lowest BCUT2D eigenvalue weighted by Crippen LogP contribution is -2.30. The van der Waals surface area contributed by atoms with E-state index in [2.05, 4.69) is 23.6 Å². The lowest BCUT2D eigenvalue weighted by molar-refractivity contribution is -0.115. The van der Waals surface area contributed by atoms with Crippen LogP contribution in [0.4, 0.5) is 5.00 Å². The molecule has 3 rings (SSSR count). The molecule has 1 aliphatic carbocycles. The van der Waals surface area contributed by atoms with Gasteiger partial charge in [0.25, 0.3) is 0 Å². The number of nitrogens with one attached hydrogen (secondary N) is 2. The van der Waals surface area contributed by atoms with Crippen LogP contribution in [-0.2, 0) is 17.6 Å². The SMILES string of the molecule is C[C@@H]1CCc2c(sc(NC(=O)CN[C@H](C)c3ccccc3)c2C#N)C1. The third-order valence-electron chi connectivity index (χ3n) is 4.74. The smallest absolute Gasteiger partial charge is 0.238 e. The normalized spacial score (nSPS) is 17.4. The summed E-state index contributed by atoms with van der Waals surface area (Å²) in [7, 11) is 0. The van der Waals surface area contributed by atoms with Gasteiger partial charge in [-0.15, -0.1) is 11.3 Å². The van der Waals surface area contributed by atoms with Crippen molar-refractivity contribution in [1.82, 2.24) is 5.32 Å². The second-order valence-corrected chi connectivity index (χ2v) is 7.83. The lowest BCUT2D eigenvalue weighted by Gasteiger charge is -2.17. The van der Waals surface area contributed by atoms with Gasteiger partial charge >= 0.3 is 0 Å². The van der Waals surface area contributed by atoms with Crippen molar-refractivity contribution in [3.63, 3.8) is 0 Å². The van der Waals surface area contributed by atoms with Gasteiger partial charge in [-0.05, 0) is 43.2 Å². The number of hydrogen-bond acceptors (Lipinski definition) is 4. The fourth-order valence-corrected chi connectivity index (χ4v) is 4.61. The van der Waals surface area contributed by atoms with Gasteiger partial charge in [0, 0.05) is 10.9 Å². The van der Waals surface area contributed by atoms with Gasteiger partial charge in [-0.3, -0.25) is 4.79 Å². The van der Waals surface area contributed by atoms with E-state index in [1.807, 2.05) is 37.3 Å². The topological polar surface area (TPSA) is 64.9 Å². The summed E-state index contributed by atoms with van der Waals surface area (Å²) in [6, 6.07) is 12.4. The number of hydrogen-bond donors (Lipinski definition) is 2. The third kappa shape index (κ3) is 4.09. The van der Waals surface area contributed by atoms with Gasteiger partial charge in [-0.2, -0.15) is 5.26 Å². The Morgan fingerprint density at radius 3 is 2.88 bits per heavy atom. The Kier molecular flexibility index (Phi) is 5.52. The molecular formula is C20H23N3OS. The van der Waals surface area contributed by atoms with E-state index < -0.39 is 0 Å². The zero-order valence-corrected chi connectivity index (χ0v) is 15.5. The Hall–Kier alpha value is -2.16. The quantitative estimate of drug-likeness (QED) is 0.853. The van der Waals surface area contributed by atoms with E-state index in [-0.39, 0.29) is 18.5 Å². The predicted molar refractivity (Wildman–Crippen MR) is 102 cm³/mol. The number of thiophene rings is 1. The van der Waals surface area contributed by atoms with Crippen LogP contribution >= 0.6 is 11.3 Å². The third-order valence-corrected chi connectivity index (χ3v) is 5.91. The first-order valence-corrected chi connectivity index (χ1v) is 9.53. The van der Waals surface area contributed by atoms with Crippen molar-refractivity contribution in [3.05, 3.63) is 51.9 Å². The van der Waals surface area contributed by atoms with Crippen molar-refractivity contribution in [3.8, 4) is 6.07 Å². The highest BCUT2D eigenvalue weighted by molar-refractivity contribution is 7.16. The van der Waals surface area contributed by atoms with E-state index in [4.69, 9.17) is 0 Å². The minimum Gasteiger partial charge on any atom is -0.315 e. The summed E-state index contributed by atoms with van der Waals surface area (Å²) in [6.07, 6.45) is 3.06. The monoisotopic (exact) mass is 353 g/mol. The molecule has 0 aliphatic heterocycles. The fourth-order valence-electron chi connectivity index (χ4n) is 3.23. The number of nitriles is 1. The zero-order chi connectivity index (χ0) is 17.8. The Morgan fingerprint density at radius 2 is 2.16 bits per heavy atom. The molecular weight excluding hydrogens is 330 g/mol. The molecule has 4 nitrogen and oxygen atoms in total. The molecule has 1 heterocycles. The molecule has 1 aliphatic rings. The number of nitrogens with zero attached hydrogens (tertiary/aromatic N) is 1. The molecule has 0 fully saturated rings. The van der Waals surface area contributed by atoms with Crippen LogP contribution < -0.4 is 10.6 Å². The van der Waals surface area contributed by atoms with Crippen LogP contribution in [0.3, 0.4) is 0 Å². The minimum absolute atomic E-state index is 0.0970. The summed E-state index contributed by atoms with van der Waals surface area (Å²) >= 11 is 1.57. The van der Waals surface area contributed by atoms with Crippen LogP contribution in [0.15, 0.2) is 30.3 Å². The van der Waals surface area contributed by atoms with Gasteiger partial charge in [-0.25, -0.2) is 0 Å². The molecule has 0 unspecified atom stereocenters. The van der Waals surface area contributed by atoms with Crippen molar-refractivity contribution < 1.29 is 4.79 Å². The summed E-state index contributed by atoms with van der Waals surface area (Å²) in [5, 5.41) is 16.4. The molecule has 0 saturated heterocycles. The van der Waals surface area contributed by atoms with E-state index in [1.54, 1.807) is 11.3 Å². The number of fused-ring (bicyclic) bond motifs is 1. The maximum atomic E-state index is 12.3. The fraction of sp³-hybridized carbons (Fsp3) is 0.400. The number of rotatable bonds is 5. The van der Waals surface area contributed by atoms with E-state index >= 15 is 0 Å². The van der Waals surface area contributed by atoms with Gasteiger partial charge in [-0.1, -0.05) is 37.3 Å². The van der Waals surface area contributed by atoms with Crippen molar-refractivity contribution >= 4 is 22.2 Å². The summed E-state index contributed by atoms with van der Waals surface area (Å²) in [6.45, 7) is 4.50. The van der Waals surface area contributed by atoms with Crippen LogP contribution in [0.25, 0.3) is 0 Å². The summed E-state index contributed by atoms with van der Waals surface area (Å²) in [4.78, 5) is 13.6. The largest absolute Gasteiger partial charge is 0.315 e. The summed E-state index contributed by atoms with van der Waals surface area (Å²) in [5.41, 5.74) is 2.96. The van der Waals surface area contributed by atoms with Gasteiger partial charge < -0.3 is 10.6 Å². The average Bonchev–Trinajstić information content (AvgIpc) is 2.96. The van der Waals surface area contributed by atoms with Crippen LogP contribution in [0.5, 0.6) is 0 Å². The number of carbonyl (C=O) groups is 1. The summed E-state index contributed by atoms with van der Waals surface area (Å²) in [5.74, 6) is 0.542. The molecule has 2 atom stereocenters. The first kappa shape index (κ1) is 17.7. The number of amides is 1. The second kappa shape index (κ2) is 7.81. The Balaban J connectivity index is 1.63. The highest BCUT2D eigenvalue weighted by Gasteiger charge is 2.24. The van der Waals surface area contributed by atoms with E-state index in [9.17, 15) is 10.1 Å². The first-order valence-electron chi connectivity index (χ1n) is 8.71. The Bertz CT molecular complexity index is 791. The van der Waals surface area contributed by atoms with Crippen LogP contribution in [0.1, 0.15) is 47.9 Å². The number of anilines is 1. The maximum absolute atomic E-state index is 12.3. The van der Waals surface area contributed by atoms with E-state index in [0.29, 0.717) is 16.5 Å². The van der Waals surface area contributed by atoms with Gasteiger partial charge in [0.1, 0.15) is 11.1 Å². The van der Waals surface area contributed by atoms with Crippen LogP contribution in [0.2, 0.25) is 0 Å². The molecule has 1 aromatic carbocycles. The van der Waals surface area contributed by atoms with E-state index in [1.165, 1.54) is 4.88 Å². The van der Waals surface area contributed by atoms with Crippen molar-refractivity contribution in [1.29, 1.82) is 5.26 Å². The molecule has 130 valence electrons. The maximum Gasteiger partial charge on any atom is 0.238 e. The van der Waals surface area contributed by atoms with Crippen molar-refractivity contribution in [2.24, 2.45) is 5.92 Å². The molecule has 25 heavy (non-hydrogen) atoms. The molecule has 1 amide bonds. The number of benzene rings is 1. The Labute approximate surface area is 152 Å². The Morgan fingerprint density at radius 1 is 1.40 bits per heavy atom. The molecule has 0 spiro atoms. The van der Waals surface area contributed by atoms with Crippen molar-refractivity contribution in [2.45, 2.75) is 39.2 Å². The molecule has 2 aromatic rings. The van der Waals surface area contributed by atoms with Gasteiger partial charge in [0.15, 0.2) is 0 Å². The highest BCUT2D eigenvalue weighted by atomic mass is 32.1. The minimum atomic E-state index is -0.106. The molecule has 0 saturated carbocycles. The molecule has 2 N–H and O–H groups in total. The first-order chi connectivity index (χ1) is 12.1. The van der Waals surface area contributed by atoms with Crippen LogP contribution in [0, 0.1) is 17.2 Å². The lowest BCUT2D eigenvalue weighted by atomic mass is 9.89. The predicted octanol–water partition coefficient (Wildman–Crippen LogP) is 4.03. The summed E-state index contributed by atoms with van der Waals surface area (Å²) < 4.78 is 0. The average molecular weight is 353 g/mol. The second-order valence-electron chi connectivity index (χ2n) is 6.73. The number of carbonyl (C=O) groups excluding carboxylic acids is 1. The van der Waals surface area contributed by atoms with Gasteiger partial charge in [0.05, 0.1) is 12.1 Å². The van der Waals surface area contributed by atoms with E-state index in [0.717, 1.165) is 30.4 Å². The highest BCUT2D eigenvalue weighted by Crippen LogP contribution is 2.39. The van der Waals surface area contributed by atoms with Crippen LogP contribution in [-0.4, -0.2) is 12.5 Å². The van der Waals surface area contributed by atoms with Gasteiger partial charge in [0.2, 0.25) is 5.91 Å². The standard InChI is InChI=1S/C20H23N3OS/c1-13-8-9-16-17(11-21)20(25-18(16)10-13)23-19(24)12-22-14(2)15-6-4-3-5-7-15/h3-7,13-14,22H,8-10,12H2,1-2H3,(H,23,24)/t13-,14-/m1/s1.